The molecular weight excluding hydrogens is 342 g/mol. The molecule has 0 amide bonds. The van der Waals surface area contributed by atoms with Crippen molar-refractivity contribution in [3.05, 3.63) is 27.6 Å². The van der Waals surface area contributed by atoms with Crippen molar-refractivity contribution in [2.45, 2.75) is 44.4 Å². The van der Waals surface area contributed by atoms with E-state index in [9.17, 15) is 9.90 Å². The number of hydrogen-bond donors (Lipinski definition) is 3. The molecule has 2 saturated carbocycles. The third-order valence-corrected chi connectivity index (χ3v) is 6.25. The van der Waals surface area contributed by atoms with Gasteiger partial charge in [0, 0.05) is 6.04 Å². The second-order valence-corrected chi connectivity index (χ2v) is 7.85. The van der Waals surface area contributed by atoms with Crippen LogP contribution in [0.15, 0.2) is 16.2 Å². The molecule has 7 nitrogen and oxygen atoms in total. The van der Waals surface area contributed by atoms with Gasteiger partial charge in [-0.15, -0.1) is 11.3 Å². The van der Waals surface area contributed by atoms with Gasteiger partial charge in [-0.05, 0) is 56.0 Å². The molecule has 136 valence electrons. The number of nitrogens with one attached hydrogen (secondary N) is 1. The lowest BCUT2D eigenvalue weighted by molar-refractivity contribution is -0.122. The minimum Gasteiger partial charge on any atom is -0.483 e. The number of aliphatic hydroxyl groups excluding tert-OH is 1. The summed E-state index contributed by atoms with van der Waals surface area (Å²) >= 11 is 1.43. The number of aromatic amines is 1. The van der Waals surface area contributed by atoms with Gasteiger partial charge < -0.3 is 15.2 Å². The Hall–Kier alpha value is -1.77. The molecule has 0 aliphatic heterocycles. The number of hydrogen-bond acceptors (Lipinski definition) is 6. The average molecular weight is 365 g/mol. The number of carboxylic acid groups (broad SMARTS) is 1. The summed E-state index contributed by atoms with van der Waals surface area (Å²) in [5, 5.41) is 18.5. The van der Waals surface area contributed by atoms with Gasteiger partial charge in [-0.1, -0.05) is 0 Å². The average Bonchev–Trinajstić information content (AvgIpc) is 3.21. The zero-order valence-electron chi connectivity index (χ0n) is 14.1. The van der Waals surface area contributed by atoms with E-state index in [4.69, 9.17) is 9.90 Å². The maximum Gasteiger partial charge on any atom is 0.290 e. The first kappa shape index (κ1) is 18.0. The van der Waals surface area contributed by atoms with Gasteiger partial charge in [0.15, 0.2) is 0 Å². The van der Waals surface area contributed by atoms with Crippen LogP contribution in [-0.4, -0.2) is 50.7 Å². The normalized spacial score (nSPS) is 28.0. The van der Waals surface area contributed by atoms with E-state index < -0.39 is 0 Å². The van der Waals surface area contributed by atoms with E-state index in [1.54, 1.807) is 0 Å². The second-order valence-electron chi connectivity index (χ2n) is 6.94. The van der Waals surface area contributed by atoms with Crippen LogP contribution in [0.5, 0.6) is 0 Å². The Balaban J connectivity index is 0.000000569. The molecule has 2 fully saturated rings. The van der Waals surface area contributed by atoms with Gasteiger partial charge in [-0.25, -0.2) is 4.98 Å². The van der Waals surface area contributed by atoms with E-state index in [0.29, 0.717) is 29.1 Å². The number of fused-ring (bicyclic) bond motifs is 2. The van der Waals surface area contributed by atoms with Crippen molar-refractivity contribution in [2.75, 3.05) is 7.05 Å². The molecule has 4 rings (SSSR count). The third kappa shape index (κ3) is 3.91. The van der Waals surface area contributed by atoms with Gasteiger partial charge in [0.1, 0.15) is 10.5 Å². The fraction of sp³-hybridized carbons (Fsp3) is 0.588. The van der Waals surface area contributed by atoms with Gasteiger partial charge in [-0.2, -0.15) is 0 Å². The highest BCUT2D eigenvalue weighted by molar-refractivity contribution is 7.17. The highest BCUT2D eigenvalue weighted by Gasteiger charge is 2.42. The van der Waals surface area contributed by atoms with Crippen LogP contribution in [-0.2, 0) is 11.3 Å². The number of carbonyl (C=O) groups is 1. The molecule has 2 unspecified atom stereocenters. The van der Waals surface area contributed by atoms with Crippen molar-refractivity contribution in [1.82, 2.24) is 14.9 Å². The maximum atomic E-state index is 12.0. The Morgan fingerprint density at radius 2 is 2.00 bits per heavy atom. The summed E-state index contributed by atoms with van der Waals surface area (Å²) in [6.07, 6.45) is 4.16. The molecule has 2 aliphatic carbocycles. The Morgan fingerprint density at radius 3 is 2.64 bits per heavy atom. The summed E-state index contributed by atoms with van der Waals surface area (Å²) in [6, 6.07) is 2.44. The number of rotatable bonds is 3. The number of thiophene rings is 1. The van der Waals surface area contributed by atoms with Crippen LogP contribution in [0.4, 0.5) is 0 Å². The lowest BCUT2D eigenvalue weighted by Gasteiger charge is -2.24. The first-order valence-electron chi connectivity index (χ1n) is 8.44. The van der Waals surface area contributed by atoms with E-state index >= 15 is 0 Å². The molecule has 2 aromatic heterocycles. The molecule has 0 aromatic carbocycles. The van der Waals surface area contributed by atoms with E-state index in [2.05, 4.69) is 21.9 Å². The van der Waals surface area contributed by atoms with E-state index in [-0.39, 0.29) is 18.1 Å². The second kappa shape index (κ2) is 7.63. The molecule has 0 bridgehead atoms. The van der Waals surface area contributed by atoms with Crippen LogP contribution in [0.25, 0.3) is 10.2 Å². The first-order valence-corrected chi connectivity index (χ1v) is 9.32. The summed E-state index contributed by atoms with van der Waals surface area (Å²) in [5.74, 6) is 2.10. The SMILES string of the molecule is CN(Cc1nc2ccsc2c(=O)[nH]1)C1C[C@H]2CC(O)C[C@H]2C1.O=CO. The quantitative estimate of drug-likeness (QED) is 0.714. The van der Waals surface area contributed by atoms with E-state index in [0.717, 1.165) is 37.0 Å². The number of aromatic nitrogens is 2. The van der Waals surface area contributed by atoms with Crippen molar-refractivity contribution in [3.8, 4) is 0 Å². The largest absolute Gasteiger partial charge is 0.483 e. The molecule has 0 radical (unpaired) electrons. The van der Waals surface area contributed by atoms with E-state index in [1.165, 1.54) is 11.3 Å². The predicted octanol–water partition coefficient (Wildman–Crippen LogP) is 1.67. The fourth-order valence-corrected chi connectivity index (χ4v) is 5.00. The molecule has 2 aromatic rings. The van der Waals surface area contributed by atoms with Crippen molar-refractivity contribution in [1.29, 1.82) is 0 Å². The van der Waals surface area contributed by atoms with E-state index in [1.807, 2.05) is 11.4 Å². The molecule has 0 saturated heterocycles. The summed E-state index contributed by atoms with van der Waals surface area (Å²) in [4.78, 5) is 30.2. The molecule has 2 heterocycles. The molecular formula is C17H23N3O4S. The van der Waals surface area contributed by atoms with Gasteiger partial charge in [-0.3, -0.25) is 14.5 Å². The number of aliphatic hydroxyl groups is 1. The molecule has 4 atom stereocenters. The van der Waals surface area contributed by atoms with Crippen molar-refractivity contribution >= 4 is 28.0 Å². The van der Waals surface area contributed by atoms with Crippen molar-refractivity contribution < 1.29 is 15.0 Å². The van der Waals surface area contributed by atoms with Crippen LogP contribution < -0.4 is 5.56 Å². The summed E-state index contributed by atoms with van der Waals surface area (Å²) in [5.41, 5.74) is 0.762. The van der Waals surface area contributed by atoms with Crippen LogP contribution in [0.2, 0.25) is 0 Å². The van der Waals surface area contributed by atoms with Crippen molar-refractivity contribution in [3.63, 3.8) is 0 Å². The van der Waals surface area contributed by atoms with Gasteiger partial charge in [0.05, 0.1) is 18.2 Å². The highest BCUT2D eigenvalue weighted by atomic mass is 32.1. The Bertz CT molecular complexity index is 776. The predicted molar refractivity (Wildman–Crippen MR) is 95.6 cm³/mol. The zero-order valence-corrected chi connectivity index (χ0v) is 14.9. The summed E-state index contributed by atoms with van der Waals surface area (Å²) in [6.45, 7) is 0.424. The van der Waals surface area contributed by atoms with Gasteiger partial charge in [0.2, 0.25) is 0 Å². The fourth-order valence-electron chi connectivity index (χ4n) is 4.27. The Labute approximate surface area is 149 Å². The monoisotopic (exact) mass is 365 g/mol. The molecule has 3 N–H and O–H groups in total. The van der Waals surface area contributed by atoms with Gasteiger partial charge in [0.25, 0.3) is 12.0 Å². The smallest absolute Gasteiger partial charge is 0.290 e. The molecule has 25 heavy (non-hydrogen) atoms. The minimum atomic E-state index is -0.250. The summed E-state index contributed by atoms with van der Waals surface area (Å²) in [7, 11) is 2.11. The van der Waals surface area contributed by atoms with Gasteiger partial charge >= 0.3 is 0 Å². The number of nitrogens with zero attached hydrogens (tertiary/aromatic N) is 2. The minimum absolute atomic E-state index is 0.0326. The molecule has 8 heteroatoms. The zero-order chi connectivity index (χ0) is 18.0. The lowest BCUT2D eigenvalue weighted by atomic mass is 10.0. The highest BCUT2D eigenvalue weighted by Crippen LogP contribution is 2.45. The molecule has 0 spiro atoms. The van der Waals surface area contributed by atoms with Crippen LogP contribution in [0.3, 0.4) is 0 Å². The van der Waals surface area contributed by atoms with Crippen LogP contribution in [0.1, 0.15) is 31.5 Å². The molecule has 2 aliphatic rings. The maximum absolute atomic E-state index is 12.0. The summed E-state index contributed by atoms with van der Waals surface area (Å²) < 4.78 is 0.704. The van der Waals surface area contributed by atoms with Crippen LogP contribution >= 0.6 is 11.3 Å². The first-order chi connectivity index (χ1) is 12.0. The van der Waals surface area contributed by atoms with Crippen LogP contribution in [0, 0.1) is 11.8 Å². The Kier molecular flexibility index (Phi) is 5.51. The number of H-pyrrole nitrogens is 1. The third-order valence-electron chi connectivity index (χ3n) is 5.35. The van der Waals surface area contributed by atoms with Crippen molar-refractivity contribution in [2.24, 2.45) is 11.8 Å². The Morgan fingerprint density at radius 1 is 1.36 bits per heavy atom. The lowest BCUT2D eigenvalue weighted by Crippen LogP contribution is -2.31. The topological polar surface area (TPSA) is 107 Å². The standard InChI is InChI=1S/C16H21N3O2S.CH2O2/c1-19(11-4-9-6-12(20)7-10(9)5-11)8-14-17-13-2-3-22-15(13)16(21)18-14;2-1-3/h2-3,9-12,20H,4-8H2,1H3,(H,17,18,21);1H,(H,2,3)/t9-,10+,11?,12?;.